The number of fused-ring (bicyclic) bond motifs is 1. The first kappa shape index (κ1) is 8.79. The maximum atomic E-state index is 5.71. The second-order valence-corrected chi connectivity index (χ2v) is 4.69. The molecule has 1 aliphatic carbocycles. The Morgan fingerprint density at radius 2 is 2.13 bits per heavy atom. The van der Waals surface area contributed by atoms with Crippen LogP contribution in [-0.2, 0) is 6.42 Å². The smallest absolute Gasteiger partial charge is 0.180 e. The number of nitrogens with two attached hydrogens (primary N) is 1. The highest BCUT2D eigenvalue weighted by Gasteiger charge is 2.28. The highest BCUT2D eigenvalue weighted by atomic mass is 32.1. The van der Waals surface area contributed by atoms with Crippen LogP contribution in [0.2, 0.25) is 0 Å². The van der Waals surface area contributed by atoms with Crippen LogP contribution in [0.1, 0.15) is 28.5 Å². The number of anilines is 1. The van der Waals surface area contributed by atoms with Gasteiger partial charge in [-0.2, -0.15) is 0 Å². The first-order valence-electron chi connectivity index (χ1n) is 4.84. The fourth-order valence-electron chi connectivity index (χ4n) is 2.05. The number of aryl methyl sites for hydroxylation is 1. The van der Waals surface area contributed by atoms with Crippen molar-refractivity contribution >= 4 is 16.5 Å². The Balaban J connectivity index is 2.03. The third kappa shape index (κ3) is 1.39. The summed E-state index contributed by atoms with van der Waals surface area (Å²) < 4.78 is 0. The monoisotopic (exact) mass is 218 g/mol. The van der Waals surface area contributed by atoms with Crippen LogP contribution in [0.4, 0.5) is 5.13 Å². The summed E-state index contributed by atoms with van der Waals surface area (Å²) in [5, 5.41) is 0.668. The van der Waals surface area contributed by atoms with Crippen LogP contribution in [0.15, 0.2) is 18.7 Å². The first-order chi connectivity index (χ1) is 7.34. The van der Waals surface area contributed by atoms with Gasteiger partial charge in [-0.05, 0) is 18.4 Å². The lowest BCUT2D eigenvalue weighted by Gasteiger charge is -2.07. The zero-order valence-corrected chi connectivity index (χ0v) is 8.87. The lowest BCUT2D eigenvalue weighted by atomic mass is 10.0. The van der Waals surface area contributed by atoms with Crippen molar-refractivity contribution in [2.24, 2.45) is 0 Å². The molecule has 4 nitrogen and oxygen atoms in total. The van der Waals surface area contributed by atoms with Crippen molar-refractivity contribution in [2.75, 3.05) is 5.73 Å². The van der Waals surface area contributed by atoms with Crippen LogP contribution < -0.4 is 5.73 Å². The van der Waals surface area contributed by atoms with E-state index in [0.29, 0.717) is 11.0 Å². The molecule has 76 valence electrons. The number of nitrogen functional groups attached to an aromatic ring is 1. The summed E-state index contributed by atoms with van der Waals surface area (Å²) in [7, 11) is 0. The fourth-order valence-corrected chi connectivity index (χ4v) is 3.10. The van der Waals surface area contributed by atoms with Crippen molar-refractivity contribution < 1.29 is 0 Å². The van der Waals surface area contributed by atoms with E-state index in [4.69, 9.17) is 5.73 Å². The molecule has 1 aliphatic rings. The van der Waals surface area contributed by atoms with Crippen LogP contribution in [0, 0.1) is 0 Å². The van der Waals surface area contributed by atoms with Crippen LogP contribution in [0.3, 0.4) is 0 Å². The molecular formula is C10H10N4S. The largest absolute Gasteiger partial charge is 0.375 e. The van der Waals surface area contributed by atoms with Gasteiger partial charge in [-0.25, -0.2) is 15.0 Å². The lowest BCUT2D eigenvalue weighted by Crippen LogP contribution is -1.95. The SMILES string of the molecule is Nc1nc2c(s1)C(c1cncnc1)CC2. The zero-order valence-electron chi connectivity index (χ0n) is 8.05. The van der Waals surface area contributed by atoms with Gasteiger partial charge in [0, 0.05) is 23.2 Å². The summed E-state index contributed by atoms with van der Waals surface area (Å²) in [4.78, 5) is 13.7. The highest BCUT2D eigenvalue weighted by Crippen LogP contribution is 2.41. The molecule has 0 fully saturated rings. The van der Waals surface area contributed by atoms with Gasteiger partial charge >= 0.3 is 0 Å². The average Bonchev–Trinajstić information content (AvgIpc) is 2.77. The van der Waals surface area contributed by atoms with E-state index in [1.54, 1.807) is 17.7 Å². The van der Waals surface area contributed by atoms with Crippen molar-refractivity contribution in [2.45, 2.75) is 18.8 Å². The number of hydrogen-bond donors (Lipinski definition) is 1. The lowest BCUT2D eigenvalue weighted by molar-refractivity contribution is 0.780. The second-order valence-electron chi connectivity index (χ2n) is 3.63. The standard InChI is InChI=1S/C10H10N4S/c11-10-14-8-2-1-7(9(8)15-10)6-3-12-5-13-4-6/h3-5,7H,1-2H2,(H2,11,14). The third-order valence-electron chi connectivity index (χ3n) is 2.71. The molecule has 0 aromatic carbocycles. The fraction of sp³-hybridized carbons (Fsp3) is 0.300. The molecular weight excluding hydrogens is 208 g/mol. The van der Waals surface area contributed by atoms with E-state index in [1.807, 2.05) is 12.4 Å². The summed E-state index contributed by atoms with van der Waals surface area (Å²) in [5.41, 5.74) is 8.03. The van der Waals surface area contributed by atoms with E-state index >= 15 is 0 Å². The zero-order chi connectivity index (χ0) is 10.3. The predicted octanol–water partition coefficient (Wildman–Crippen LogP) is 1.59. The van der Waals surface area contributed by atoms with Gasteiger partial charge in [-0.1, -0.05) is 0 Å². The van der Waals surface area contributed by atoms with Crippen LogP contribution >= 0.6 is 11.3 Å². The van der Waals surface area contributed by atoms with Crippen LogP contribution in [0.25, 0.3) is 0 Å². The number of thiazole rings is 1. The Labute approximate surface area is 91.2 Å². The molecule has 2 aromatic rings. The minimum atomic E-state index is 0.399. The molecule has 0 radical (unpaired) electrons. The van der Waals surface area contributed by atoms with E-state index in [2.05, 4.69) is 15.0 Å². The summed E-state index contributed by atoms with van der Waals surface area (Å²) >= 11 is 1.59. The number of nitrogens with zero attached hydrogens (tertiary/aromatic N) is 3. The Morgan fingerprint density at radius 1 is 1.33 bits per heavy atom. The molecule has 0 saturated heterocycles. The summed E-state index contributed by atoms with van der Waals surface area (Å²) in [6.07, 6.45) is 7.43. The van der Waals surface area contributed by atoms with E-state index in [9.17, 15) is 0 Å². The van der Waals surface area contributed by atoms with Crippen LogP contribution in [0.5, 0.6) is 0 Å². The maximum absolute atomic E-state index is 5.71. The minimum Gasteiger partial charge on any atom is -0.375 e. The second kappa shape index (κ2) is 3.27. The molecule has 2 aromatic heterocycles. The minimum absolute atomic E-state index is 0.399. The van der Waals surface area contributed by atoms with Crippen molar-refractivity contribution in [3.63, 3.8) is 0 Å². The van der Waals surface area contributed by atoms with Gasteiger partial charge in [0.2, 0.25) is 0 Å². The maximum Gasteiger partial charge on any atom is 0.180 e. The molecule has 2 heterocycles. The number of hydrogen-bond acceptors (Lipinski definition) is 5. The molecule has 0 amide bonds. The van der Waals surface area contributed by atoms with Crippen molar-refractivity contribution in [1.29, 1.82) is 0 Å². The molecule has 0 spiro atoms. The summed E-state index contributed by atoms with van der Waals surface area (Å²) in [6, 6.07) is 0. The number of aromatic nitrogens is 3. The van der Waals surface area contributed by atoms with Gasteiger partial charge in [-0.15, -0.1) is 11.3 Å². The Hall–Kier alpha value is -1.49. The molecule has 0 aliphatic heterocycles. The summed E-state index contributed by atoms with van der Waals surface area (Å²) in [6.45, 7) is 0. The van der Waals surface area contributed by atoms with E-state index < -0.39 is 0 Å². The summed E-state index contributed by atoms with van der Waals surface area (Å²) in [5.74, 6) is 0.399. The molecule has 0 saturated carbocycles. The Kier molecular flexibility index (Phi) is 1.92. The molecule has 15 heavy (non-hydrogen) atoms. The quantitative estimate of drug-likeness (QED) is 0.789. The Morgan fingerprint density at radius 3 is 2.93 bits per heavy atom. The normalized spacial score (nSPS) is 19.1. The first-order valence-corrected chi connectivity index (χ1v) is 5.66. The highest BCUT2D eigenvalue weighted by molar-refractivity contribution is 7.15. The van der Waals surface area contributed by atoms with Gasteiger partial charge in [0.1, 0.15) is 6.33 Å². The molecule has 1 unspecified atom stereocenters. The van der Waals surface area contributed by atoms with Gasteiger partial charge in [0.15, 0.2) is 5.13 Å². The van der Waals surface area contributed by atoms with Gasteiger partial charge in [0.05, 0.1) is 5.69 Å². The van der Waals surface area contributed by atoms with E-state index in [1.165, 1.54) is 10.4 Å². The average molecular weight is 218 g/mol. The van der Waals surface area contributed by atoms with Crippen molar-refractivity contribution in [3.05, 3.63) is 34.9 Å². The van der Waals surface area contributed by atoms with Crippen molar-refractivity contribution in [3.8, 4) is 0 Å². The third-order valence-corrected chi connectivity index (χ3v) is 3.75. The van der Waals surface area contributed by atoms with Crippen LogP contribution in [-0.4, -0.2) is 15.0 Å². The molecule has 2 N–H and O–H groups in total. The molecule has 1 atom stereocenters. The molecule has 0 bridgehead atoms. The van der Waals surface area contributed by atoms with Gasteiger partial charge in [-0.3, -0.25) is 0 Å². The number of rotatable bonds is 1. The van der Waals surface area contributed by atoms with Gasteiger partial charge < -0.3 is 5.73 Å². The van der Waals surface area contributed by atoms with E-state index in [-0.39, 0.29) is 0 Å². The molecule has 3 rings (SSSR count). The van der Waals surface area contributed by atoms with E-state index in [0.717, 1.165) is 18.5 Å². The molecule has 5 heteroatoms. The van der Waals surface area contributed by atoms with Gasteiger partial charge in [0.25, 0.3) is 0 Å². The van der Waals surface area contributed by atoms with Crippen molar-refractivity contribution in [1.82, 2.24) is 15.0 Å². The topological polar surface area (TPSA) is 64.7 Å². The Bertz CT molecular complexity index is 479. The predicted molar refractivity (Wildman–Crippen MR) is 58.7 cm³/mol.